The maximum absolute atomic E-state index is 14.1. The fourth-order valence-electron chi connectivity index (χ4n) is 5.94. The van der Waals surface area contributed by atoms with Crippen molar-refractivity contribution >= 4 is 28.4 Å². The van der Waals surface area contributed by atoms with Gasteiger partial charge >= 0.3 is 12.2 Å². The summed E-state index contributed by atoms with van der Waals surface area (Å²) in [5.41, 5.74) is 0.366. The fourth-order valence-corrected chi connectivity index (χ4v) is 5.94. The molecule has 0 atom stereocenters. The van der Waals surface area contributed by atoms with Crippen LogP contribution in [0.2, 0.25) is 0 Å². The van der Waals surface area contributed by atoms with Crippen LogP contribution in [0, 0.1) is 5.41 Å². The van der Waals surface area contributed by atoms with Crippen LogP contribution in [-0.4, -0.2) is 86.4 Å². The molecule has 10 nitrogen and oxygen atoms in total. The minimum absolute atomic E-state index is 0.0356. The molecule has 3 aromatic heterocycles. The second kappa shape index (κ2) is 8.02. The maximum atomic E-state index is 14.1. The number of aromatic nitrogens is 5. The smallest absolute Gasteiger partial charge is 0.380 e. The average molecular weight is 553 g/mol. The van der Waals surface area contributed by atoms with Crippen molar-refractivity contribution in [1.29, 1.82) is 0 Å². The van der Waals surface area contributed by atoms with Crippen molar-refractivity contribution in [3.8, 4) is 11.4 Å². The summed E-state index contributed by atoms with van der Waals surface area (Å²) in [4.78, 5) is 20.6. The summed E-state index contributed by atoms with van der Waals surface area (Å²) < 4.78 is 74.7. The summed E-state index contributed by atoms with van der Waals surface area (Å²) >= 11 is 0. The Labute approximate surface area is 218 Å². The molecular formula is C24H25F5N8O2. The van der Waals surface area contributed by atoms with Crippen LogP contribution in [0.15, 0.2) is 18.5 Å². The minimum Gasteiger partial charge on any atom is -0.380 e. The number of fused-ring (bicyclic) bond motifs is 1. The molecule has 0 bridgehead atoms. The highest BCUT2D eigenvalue weighted by molar-refractivity contribution is 5.96. The number of hydrogen-bond donors (Lipinski definition) is 2. The topological polar surface area (TPSA) is 104 Å². The first-order valence-corrected chi connectivity index (χ1v) is 12.7. The number of carbonyl (C=O) groups is 1. The number of urea groups is 1. The van der Waals surface area contributed by atoms with Crippen LogP contribution in [0.4, 0.5) is 38.3 Å². The van der Waals surface area contributed by atoms with Crippen molar-refractivity contribution in [1.82, 2.24) is 29.9 Å². The Morgan fingerprint density at radius 1 is 1.10 bits per heavy atom. The highest BCUT2D eigenvalue weighted by Crippen LogP contribution is 2.51. The molecule has 6 heterocycles. The molecule has 15 heteroatoms. The van der Waals surface area contributed by atoms with Crippen molar-refractivity contribution in [2.24, 2.45) is 5.41 Å². The van der Waals surface area contributed by atoms with Gasteiger partial charge in [-0.05, 0) is 25.3 Å². The predicted molar refractivity (Wildman–Crippen MR) is 129 cm³/mol. The number of H-pyrrole nitrogens is 1. The number of nitrogens with zero attached hydrogens (tertiary/aromatic N) is 6. The van der Waals surface area contributed by atoms with Gasteiger partial charge in [0, 0.05) is 31.2 Å². The van der Waals surface area contributed by atoms with Crippen LogP contribution in [0.5, 0.6) is 0 Å². The maximum Gasteiger partial charge on any atom is 0.408 e. The van der Waals surface area contributed by atoms with Crippen LogP contribution < -0.4 is 10.2 Å². The summed E-state index contributed by atoms with van der Waals surface area (Å²) in [7, 11) is 0. The number of carbonyl (C=O) groups excluding carboxylic acids is 1. The van der Waals surface area contributed by atoms with E-state index in [4.69, 9.17) is 4.74 Å². The summed E-state index contributed by atoms with van der Waals surface area (Å²) in [5, 5.41) is 14.1. The molecule has 3 aromatic rings. The first-order valence-electron chi connectivity index (χ1n) is 12.7. The van der Waals surface area contributed by atoms with E-state index in [1.165, 1.54) is 23.4 Å². The highest BCUT2D eigenvalue weighted by atomic mass is 19.4. The molecule has 0 radical (unpaired) electrons. The van der Waals surface area contributed by atoms with E-state index in [0.717, 1.165) is 4.68 Å². The van der Waals surface area contributed by atoms with E-state index in [2.05, 4.69) is 25.6 Å². The Bertz CT molecular complexity index is 1450. The number of ether oxygens (including phenoxy) is 1. The van der Waals surface area contributed by atoms with E-state index in [1.54, 1.807) is 0 Å². The van der Waals surface area contributed by atoms with Crippen LogP contribution in [0.25, 0.3) is 22.3 Å². The van der Waals surface area contributed by atoms with Crippen molar-refractivity contribution in [2.75, 3.05) is 43.1 Å². The van der Waals surface area contributed by atoms with Crippen molar-refractivity contribution in [3.05, 3.63) is 18.5 Å². The number of pyridine rings is 1. The predicted octanol–water partition coefficient (Wildman–Crippen LogP) is 4.02. The lowest BCUT2D eigenvalue weighted by Crippen LogP contribution is -2.66. The number of amides is 2. The van der Waals surface area contributed by atoms with E-state index in [9.17, 15) is 26.7 Å². The van der Waals surface area contributed by atoms with Crippen LogP contribution >= 0.6 is 0 Å². The lowest BCUT2D eigenvalue weighted by atomic mass is 9.78. The Morgan fingerprint density at radius 3 is 2.51 bits per heavy atom. The lowest BCUT2D eigenvalue weighted by molar-refractivity contribution is -0.141. The van der Waals surface area contributed by atoms with E-state index in [1.807, 2.05) is 4.90 Å². The molecule has 208 valence electrons. The van der Waals surface area contributed by atoms with E-state index in [0.29, 0.717) is 50.3 Å². The Kier molecular flexibility index (Phi) is 5.05. The highest BCUT2D eigenvalue weighted by Gasteiger charge is 2.57. The molecule has 2 spiro atoms. The molecule has 3 saturated heterocycles. The summed E-state index contributed by atoms with van der Waals surface area (Å²) in [5.74, 6) is -2.54. The van der Waals surface area contributed by atoms with Crippen LogP contribution in [0.3, 0.4) is 0 Å². The van der Waals surface area contributed by atoms with Gasteiger partial charge in [0.25, 0.3) is 5.92 Å². The number of halogens is 5. The van der Waals surface area contributed by atoms with Gasteiger partial charge in [0.1, 0.15) is 12.2 Å². The lowest BCUT2D eigenvalue weighted by Gasteiger charge is -2.55. The van der Waals surface area contributed by atoms with Crippen molar-refractivity contribution in [3.63, 3.8) is 0 Å². The SMILES string of the molecule is O=C(Nc1cn[nH]c1-c1cc2c(cn1)c(N1CC3(COC3)C1)nn2CC(F)(F)F)N1CC(F)(F)CCC12CC2. The number of anilines is 2. The third-order valence-electron chi connectivity index (χ3n) is 8.24. The Hall–Kier alpha value is -3.49. The standard InChI is InChI=1S/C24H25F5N8O2/c25-23(26)4-3-22(1-2-22)36(10-23)20(38)32-16-7-31-33-18(16)15-5-17-14(6-30-15)19(34-37(17)11-24(27,28)29)35-8-21(9-35)12-39-13-21/h5-7H,1-4,8-13H2,(H,31,33)(H,32,38). The molecule has 0 unspecified atom stereocenters. The molecule has 39 heavy (non-hydrogen) atoms. The Balaban J connectivity index is 1.19. The molecular weight excluding hydrogens is 527 g/mol. The fraction of sp³-hybridized carbons (Fsp3) is 0.583. The van der Waals surface area contributed by atoms with Gasteiger partial charge in [-0.2, -0.15) is 23.4 Å². The average Bonchev–Trinajstić information content (AvgIpc) is 3.31. The third-order valence-corrected chi connectivity index (χ3v) is 8.24. The number of hydrogen-bond acceptors (Lipinski definition) is 6. The van der Waals surface area contributed by atoms with Crippen molar-refractivity contribution < 1.29 is 31.5 Å². The largest absolute Gasteiger partial charge is 0.408 e. The van der Waals surface area contributed by atoms with Crippen LogP contribution in [-0.2, 0) is 11.3 Å². The normalized spacial score (nSPS) is 22.7. The quantitative estimate of drug-likeness (QED) is 0.474. The van der Waals surface area contributed by atoms with Crippen molar-refractivity contribution in [2.45, 2.75) is 49.9 Å². The first-order chi connectivity index (χ1) is 18.5. The summed E-state index contributed by atoms with van der Waals surface area (Å²) in [6.07, 6.45) is -0.399. The van der Waals surface area contributed by atoms with Gasteiger partial charge in [-0.3, -0.25) is 14.8 Å². The second-order valence-electron chi connectivity index (χ2n) is 11.3. The molecule has 7 rings (SSSR count). The van der Waals surface area contributed by atoms with E-state index >= 15 is 0 Å². The van der Waals surface area contributed by atoms with Gasteiger partial charge < -0.3 is 19.9 Å². The first kappa shape index (κ1) is 24.5. The van der Waals surface area contributed by atoms with E-state index < -0.39 is 36.8 Å². The zero-order valence-corrected chi connectivity index (χ0v) is 20.7. The Morgan fingerprint density at radius 2 is 1.85 bits per heavy atom. The molecule has 0 aromatic carbocycles. The number of alkyl halides is 5. The number of piperidine rings is 1. The van der Waals surface area contributed by atoms with Gasteiger partial charge in [0.05, 0.1) is 53.7 Å². The van der Waals surface area contributed by atoms with Gasteiger partial charge in [0.2, 0.25) is 0 Å². The van der Waals surface area contributed by atoms with Gasteiger partial charge in [-0.1, -0.05) is 0 Å². The van der Waals surface area contributed by atoms with Gasteiger partial charge in [-0.15, -0.1) is 0 Å². The van der Waals surface area contributed by atoms with Gasteiger partial charge in [-0.25, -0.2) is 13.6 Å². The third kappa shape index (κ3) is 4.17. The zero-order valence-electron chi connectivity index (χ0n) is 20.7. The molecule has 3 aliphatic heterocycles. The second-order valence-corrected chi connectivity index (χ2v) is 11.3. The minimum atomic E-state index is -4.50. The molecule has 4 fully saturated rings. The molecule has 4 aliphatic rings. The molecule has 2 N–H and O–H groups in total. The number of nitrogens with one attached hydrogen (secondary N) is 2. The molecule has 1 aliphatic carbocycles. The number of aromatic amines is 1. The van der Waals surface area contributed by atoms with E-state index in [-0.39, 0.29) is 40.8 Å². The zero-order chi connectivity index (χ0) is 27.2. The number of rotatable bonds is 4. The molecule has 2 amide bonds. The van der Waals surface area contributed by atoms with Gasteiger partial charge in [0.15, 0.2) is 5.82 Å². The monoisotopic (exact) mass is 552 g/mol. The number of likely N-dealkylation sites (tertiary alicyclic amines) is 1. The summed E-state index contributed by atoms with van der Waals surface area (Å²) in [6, 6.07) is 0.784. The molecule has 1 saturated carbocycles. The van der Waals surface area contributed by atoms with Crippen LogP contribution in [0.1, 0.15) is 25.7 Å². The summed E-state index contributed by atoms with van der Waals surface area (Å²) in [6.45, 7) is 0.572.